The fourth-order valence-electron chi connectivity index (χ4n) is 3.24. The molecule has 126 valence electrons. The molecule has 0 amide bonds. The molecule has 9 heteroatoms. The van der Waals surface area contributed by atoms with E-state index in [0.29, 0.717) is 35.9 Å². The number of aromatic nitrogens is 5. The van der Waals surface area contributed by atoms with Gasteiger partial charge < -0.3 is 0 Å². The van der Waals surface area contributed by atoms with Gasteiger partial charge in [0.1, 0.15) is 17.6 Å². The second-order valence-electron chi connectivity index (χ2n) is 6.11. The number of piperidine rings is 1. The van der Waals surface area contributed by atoms with E-state index in [9.17, 15) is 8.42 Å². The minimum atomic E-state index is -3.51. The maximum absolute atomic E-state index is 13.0. The van der Waals surface area contributed by atoms with Crippen molar-refractivity contribution in [3.63, 3.8) is 0 Å². The molecule has 1 aliphatic rings. The van der Waals surface area contributed by atoms with E-state index in [1.165, 1.54) is 6.33 Å². The molecule has 8 nitrogen and oxygen atoms in total. The van der Waals surface area contributed by atoms with Crippen LogP contribution in [0.1, 0.15) is 24.2 Å². The normalized spacial score (nSPS) is 20.0. The van der Waals surface area contributed by atoms with Crippen LogP contribution < -0.4 is 0 Å². The molecule has 1 fully saturated rings. The second-order valence-corrected chi connectivity index (χ2v) is 7.99. The molecule has 0 unspecified atom stereocenters. The molecule has 0 saturated carbocycles. The smallest absolute Gasteiger partial charge is 0.246 e. The lowest BCUT2D eigenvalue weighted by molar-refractivity contribution is 0.239. The van der Waals surface area contributed by atoms with E-state index in [-0.39, 0.29) is 5.92 Å². The average Bonchev–Trinajstić information content (AvgIpc) is 3.08. The number of aryl methyl sites for hydroxylation is 2. The summed E-state index contributed by atoms with van der Waals surface area (Å²) >= 11 is 0. The molecule has 1 saturated heterocycles. The molecule has 0 spiro atoms. The maximum atomic E-state index is 13.0. The summed E-state index contributed by atoms with van der Waals surface area (Å²) in [7, 11) is -1.74. The van der Waals surface area contributed by atoms with Crippen molar-refractivity contribution in [2.45, 2.75) is 38.1 Å². The van der Waals surface area contributed by atoms with E-state index in [4.69, 9.17) is 0 Å². The highest BCUT2D eigenvalue weighted by Gasteiger charge is 2.34. The van der Waals surface area contributed by atoms with Crippen molar-refractivity contribution in [1.29, 1.82) is 0 Å². The minimum Gasteiger partial charge on any atom is -0.271 e. The number of hydrogen-bond acceptors (Lipinski definition) is 5. The van der Waals surface area contributed by atoms with Crippen LogP contribution in [-0.4, -0.2) is 50.4 Å². The maximum Gasteiger partial charge on any atom is 0.246 e. The Kier molecular flexibility index (Phi) is 4.24. The van der Waals surface area contributed by atoms with E-state index in [1.807, 2.05) is 0 Å². The summed E-state index contributed by atoms with van der Waals surface area (Å²) < 4.78 is 31.0. The van der Waals surface area contributed by atoms with Gasteiger partial charge in [-0.1, -0.05) is 0 Å². The first kappa shape index (κ1) is 16.1. The molecular weight excluding hydrogens is 316 g/mol. The highest BCUT2D eigenvalue weighted by molar-refractivity contribution is 7.89. The molecule has 3 rings (SSSR count). The molecule has 0 N–H and O–H groups in total. The van der Waals surface area contributed by atoms with Gasteiger partial charge in [-0.3, -0.25) is 9.36 Å². The molecule has 0 aliphatic carbocycles. The first-order valence-corrected chi connectivity index (χ1v) is 9.16. The summed E-state index contributed by atoms with van der Waals surface area (Å²) in [4.78, 5) is 4.29. The molecule has 3 heterocycles. The first-order valence-electron chi connectivity index (χ1n) is 7.72. The van der Waals surface area contributed by atoms with Gasteiger partial charge in [0, 0.05) is 26.7 Å². The summed E-state index contributed by atoms with van der Waals surface area (Å²) in [5.74, 6) is 0.248. The summed E-state index contributed by atoms with van der Waals surface area (Å²) in [6, 6.07) is 0. The zero-order valence-electron chi connectivity index (χ0n) is 13.7. The van der Waals surface area contributed by atoms with Gasteiger partial charge >= 0.3 is 0 Å². The fourth-order valence-corrected chi connectivity index (χ4v) is 5.20. The monoisotopic (exact) mass is 338 g/mol. The third-order valence-electron chi connectivity index (χ3n) is 4.43. The Bertz CT molecular complexity index is 781. The topological polar surface area (TPSA) is 85.9 Å². The minimum absolute atomic E-state index is 0.248. The quantitative estimate of drug-likeness (QED) is 0.820. The Hall–Kier alpha value is -1.74. The molecule has 1 atom stereocenters. The Morgan fingerprint density at radius 3 is 2.74 bits per heavy atom. The highest BCUT2D eigenvalue weighted by Crippen LogP contribution is 2.27. The van der Waals surface area contributed by atoms with Crippen LogP contribution in [0.4, 0.5) is 0 Å². The molecule has 2 aromatic heterocycles. The Morgan fingerprint density at radius 2 is 2.13 bits per heavy atom. The Morgan fingerprint density at radius 1 is 1.35 bits per heavy atom. The summed E-state index contributed by atoms with van der Waals surface area (Å²) in [6.45, 7) is 5.30. The summed E-state index contributed by atoms with van der Waals surface area (Å²) in [6.07, 6.45) is 5.02. The van der Waals surface area contributed by atoms with E-state index in [2.05, 4.69) is 15.2 Å². The van der Waals surface area contributed by atoms with E-state index in [0.717, 1.165) is 12.8 Å². The van der Waals surface area contributed by atoms with E-state index >= 15 is 0 Å². The van der Waals surface area contributed by atoms with Crippen LogP contribution in [-0.2, 0) is 23.6 Å². The number of nitrogens with zero attached hydrogens (tertiary/aromatic N) is 6. The van der Waals surface area contributed by atoms with E-state index < -0.39 is 10.0 Å². The van der Waals surface area contributed by atoms with Gasteiger partial charge in [-0.25, -0.2) is 13.4 Å². The molecule has 2 aromatic rings. The van der Waals surface area contributed by atoms with Gasteiger partial charge in [0.05, 0.1) is 11.4 Å². The van der Waals surface area contributed by atoms with E-state index in [1.54, 1.807) is 40.9 Å². The van der Waals surface area contributed by atoms with Crippen LogP contribution in [0.5, 0.6) is 0 Å². The molecular formula is C14H22N6O2S. The van der Waals surface area contributed by atoms with Crippen molar-refractivity contribution in [2.24, 2.45) is 13.0 Å². The lowest BCUT2D eigenvalue weighted by atomic mass is 10.00. The van der Waals surface area contributed by atoms with Gasteiger partial charge in [0.25, 0.3) is 0 Å². The second kappa shape index (κ2) is 6.04. The Labute approximate surface area is 136 Å². The summed E-state index contributed by atoms with van der Waals surface area (Å²) in [5, 5.41) is 8.35. The largest absolute Gasteiger partial charge is 0.271 e. The van der Waals surface area contributed by atoms with Gasteiger partial charge in [0.15, 0.2) is 0 Å². The van der Waals surface area contributed by atoms with Crippen molar-refractivity contribution in [1.82, 2.24) is 28.9 Å². The molecule has 1 aliphatic heterocycles. The average molecular weight is 338 g/mol. The highest BCUT2D eigenvalue weighted by atomic mass is 32.2. The van der Waals surface area contributed by atoms with Crippen LogP contribution in [0.3, 0.4) is 0 Å². The third kappa shape index (κ3) is 3.02. The lowest BCUT2D eigenvalue weighted by Gasteiger charge is -2.31. The molecule has 0 bridgehead atoms. The van der Waals surface area contributed by atoms with Crippen LogP contribution in [0.2, 0.25) is 0 Å². The van der Waals surface area contributed by atoms with Crippen molar-refractivity contribution >= 4 is 10.0 Å². The SMILES string of the molecule is Cc1nn(C)c(C)c1S(=O)(=O)N1CCC[C@@H](Cn2cncn2)C1. The van der Waals surface area contributed by atoms with Crippen LogP contribution >= 0.6 is 0 Å². The predicted octanol–water partition coefficient (Wildman–Crippen LogP) is 0.729. The standard InChI is InChI=1S/C14H22N6O2S/c1-11-14(12(2)18(3)17-11)23(21,22)20-6-4-5-13(8-20)7-19-10-15-9-16-19/h9-10,13H,4-8H2,1-3H3/t13-/m0/s1. The van der Waals surface area contributed by atoms with Gasteiger partial charge in [-0.2, -0.15) is 14.5 Å². The van der Waals surface area contributed by atoms with Gasteiger partial charge in [0.2, 0.25) is 10.0 Å². The zero-order chi connectivity index (χ0) is 16.6. The van der Waals surface area contributed by atoms with Crippen LogP contribution in [0.15, 0.2) is 17.6 Å². The van der Waals surface area contributed by atoms with Crippen molar-refractivity contribution < 1.29 is 8.42 Å². The van der Waals surface area contributed by atoms with Crippen molar-refractivity contribution in [3.8, 4) is 0 Å². The summed E-state index contributed by atoms with van der Waals surface area (Å²) in [5.41, 5.74) is 1.24. The molecule has 0 aromatic carbocycles. The van der Waals surface area contributed by atoms with Crippen molar-refractivity contribution in [2.75, 3.05) is 13.1 Å². The lowest BCUT2D eigenvalue weighted by Crippen LogP contribution is -2.41. The molecule has 0 radical (unpaired) electrons. The van der Waals surface area contributed by atoms with Crippen molar-refractivity contribution in [3.05, 3.63) is 24.0 Å². The molecule has 23 heavy (non-hydrogen) atoms. The zero-order valence-corrected chi connectivity index (χ0v) is 14.5. The number of sulfonamides is 1. The third-order valence-corrected chi connectivity index (χ3v) is 6.55. The van der Waals surface area contributed by atoms with Gasteiger partial charge in [-0.05, 0) is 32.6 Å². The Balaban J connectivity index is 1.82. The first-order chi connectivity index (χ1) is 10.9. The van der Waals surface area contributed by atoms with Crippen LogP contribution in [0, 0.1) is 19.8 Å². The van der Waals surface area contributed by atoms with Gasteiger partial charge in [-0.15, -0.1) is 0 Å². The predicted molar refractivity (Wildman–Crippen MR) is 84.2 cm³/mol. The number of rotatable bonds is 4. The number of hydrogen-bond donors (Lipinski definition) is 0. The van der Waals surface area contributed by atoms with Crippen LogP contribution in [0.25, 0.3) is 0 Å². The fraction of sp³-hybridized carbons (Fsp3) is 0.643.